The molecule has 0 spiro atoms. The molecule has 1 atom stereocenters. The van der Waals surface area contributed by atoms with Crippen molar-refractivity contribution in [2.75, 3.05) is 19.7 Å². The predicted octanol–water partition coefficient (Wildman–Crippen LogP) is 7.05. The van der Waals surface area contributed by atoms with Gasteiger partial charge in [-0.25, -0.2) is 4.39 Å². The molecular weight excluding hydrogens is 373 g/mol. The first-order valence-electron chi connectivity index (χ1n) is 11.9. The molecule has 0 N–H and O–H groups in total. The summed E-state index contributed by atoms with van der Waals surface area (Å²) in [6.07, 6.45) is 10.0. The Balaban J connectivity index is 1.58. The van der Waals surface area contributed by atoms with Crippen molar-refractivity contribution in [2.45, 2.75) is 77.8 Å². The van der Waals surface area contributed by atoms with Crippen LogP contribution in [0.15, 0.2) is 48.5 Å². The lowest BCUT2D eigenvalue weighted by atomic mass is 9.99. The maximum absolute atomic E-state index is 14.0. The molecule has 164 valence electrons. The van der Waals surface area contributed by atoms with Gasteiger partial charge in [-0.2, -0.15) is 0 Å². The number of rotatable bonds is 10. The summed E-state index contributed by atoms with van der Waals surface area (Å²) in [4.78, 5) is 0. The number of aryl methyl sites for hydroxylation is 1. The number of halogens is 1. The Labute approximate surface area is 182 Å². The van der Waals surface area contributed by atoms with Gasteiger partial charge >= 0.3 is 0 Å². The van der Waals surface area contributed by atoms with Crippen LogP contribution in [0.25, 0.3) is 0 Å². The van der Waals surface area contributed by atoms with Gasteiger partial charge in [0.2, 0.25) is 0 Å². The lowest BCUT2D eigenvalue weighted by Gasteiger charge is -2.45. The Bertz CT molecular complexity index is 732. The summed E-state index contributed by atoms with van der Waals surface area (Å²) in [5.74, 6) is 0.169. The van der Waals surface area contributed by atoms with Crippen LogP contribution in [0.5, 0.6) is 5.75 Å². The number of hydrogen-bond acceptors (Lipinski definition) is 1. The maximum atomic E-state index is 14.0. The predicted molar refractivity (Wildman–Crippen MR) is 123 cm³/mol. The Morgan fingerprint density at radius 3 is 2.33 bits per heavy atom. The van der Waals surface area contributed by atoms with Crippen molar-refractivity contribution in [3.8, 4) is 5.75 Å². The van der Waals surface area contributed by atoms with Crippen LogP contribution in [0, 0.1) is 12.7 Å². The molecule has 30 heavy (non-hydrogen) atoms. The first-order chi connectivity index (χ1) is 14.6. The summed E-state index contributed by atoms with van der Waals surface area (Å²) in [5, 5.41) is 0. The van der Waals surface area contributed by atoms with E-state index in [9.17, 15) is 4.39 Å². The van der Waals surface area contributed by atoms with Crippen LogP contribution in [0.1, 0.15) is 69.4 Å². The third-order valence-electron chi connectivity index (χ3n) is 6.88. The molecule has 0 bridgehead atoms. The second-order valence-electron chi connectivity index (χ2n) is 9.02. The van der Waals surface area contributed by atoms with Crippen LogP contribution in [0.4, 0.5) is 4.39 Å². The molecule has 0 amide bonds. The third kappa shape index (κ3) is 6.07. The zero-order chi connectivity index (χ0) is 21.2. The molecule has 2 nitrogen and oxygen atoms in total. The second-order valence-corrected chi connectivity index (χ2v) is 9.02. The average molecular weight is 413 g/mol. The van der Waals surface area contributed by atoms with Crippen LogP contribution in [-0.4, -0.2) is 30.2 Å². The average Bonchev–Trinajstić information content (AvgIpc) is 2.99. The van der Waals surface area contributed by atoms with E-state index in [2.05, 4.69) is 37.3 Å². The highest BCUT2D eigenvalue weighted by Gasteiger charge is 2.36. The lowest BCUT2D eigenvalue weighted by molar-refractivity contribution is -0.963. The molecule has 1 aliphatic rings. The number of quaternary nitrogens is 1. The Morgan fingerprint density at radius 1 is 0.933 bits per heavy atom. The fourth-order valence-electron chi connectivity index (χ4n) is 5.24. The smallest absolute Gasteiger partial charge is 0.165 e. The quantitative estimate of drug-likeness (QED) is 0.300. The van der Waals surface area contributed by atoms with E-state index >= 15 is 0 Å². The largest absolute Gasteiger partial charge is 0.490 e. The molecule has 3 rings (SSSR count). The maximum Gasteiger partial charge on any atom is 0.165 e. The Morgan fingerprint density at radius 2 is 1.67 bits per heavy atom. The summed E-state index contributed by atoms with van der Waals surface area (Å²) < 4.78 is 21.0. The van der Waals surface area contributed by atoms with Gasteiger partial charge in [0.25, 0.3) is 0 Å². The number of unbranched alkanes of at least 4 members (excludes halogenated alkanes) is 1. The molecule has 1 unspecified atom stereocenters. The summed E-state index contributed by atoms with van der Waals surface area (Å²) >= 11 is 0. The summed E-state index contributed by atoms with van der Waals surface area (Å²) in [5.41, 5.74) is 2.34. The molecule has 0 saturated carbocycles. The number of benzene rings is 2. The van der Waals surface area contributed by atoms with Crippen molar-refractivity contribution in [2.24, 2.45) is 0 Å². The summed E-state index contributed by atoms with van der Waals surface area (Å²) in [6.45, 7) is 8.62. The third-order valence-corrected chi connectivity index (χ3v) is 6.88. The first kappa shape index (κ1) is 22.8. The first-order valence-corrected chi connectivity index (χ1v) is 11.9. The fraction of sp³-hybridized carbons (Fsp3) is 0.556. The molecule has 0 radical (unpaired) electrons. The van der Waals surface area contributed by atoms with Gasteiger partial charge in [0.1, 0.15) is 6.54 Å². The van der Waals surface area contributed by atoms with Crippen LogP contribution in [0.3, 0.4) is 0 Å². The molecule has 2 aromatic rings. The molecule has 1 fully saturated rings. The second kappa shape index (κ2) is 11.5. The molecular formula is C27H39FNO+. The van der Waals surface area contributed by atoms with Gasteiger partial charge in [-0.05, 0) is 69.9 Å². The van der Waals surface area contributed by atoms with Crippen LogP contribution in [0.2, 0.25) is 0 Å². The van der Waals surface area contributed by atoms with Gasteiger partial charge in [-0.1, -0.05) is 49.4 Å². The summed E-state index contributed by atoms with van der Waals surface area (Å²) in [7, 11) is 0. The number of hydrogen-bond donors (Lipinski definition) is 0. The van der Waals surface area contributed by atoms with Crippen LogP contribution >= 0.6 is 0 Å². The van der Waals surface area contributed by atoms with E-state index < -0.39 is 0 Å². The van der Waals surface area contributed by atoms with Crippen LogP contribution in [-0.2, 0) is 6.54 Å². The highest BCUT2D eigenvalue weighted by atomic mass is 19.1. The number of para-hydroxylation sites is 1. The van der Waals surface area contributed by atoms with Gasteiger partial charge in [0, 0.05) is 5.56 Å². The molecule has 2 aromatic carbocycles. The van der Waals surface area contributed by atoms with Crippen LogP contribution < -0.4 is 4.74 Å². The van der Waals surface area contributed by atoms with E-state index in [0.29, 0.717) is 18.4 Å². The molecule has 1 heterocycles. The minimum atomic E-state index is -0.252. The van der Waals surface area contributed by atoms with E-state index in [1.807, 2.05) is 13.0 Å². The van der Waals surface area contributed by atoms with E-state index in [1.165, 1.54) is 67.7 Å². The van der Waals surface area contributed by atoms with Gasteiger partial charge < -0.3 is 9.22 Å². The van der Waals surface area contributed by atoms with Crippen molar-refractivity contribution in [1.82, 2.24) is 0 Å². The topological polar surface area (TPSA) is 9.23 Å². The van der Waals surface area contributed by atoms with Gasteiger partial charge in [0.15, 0.2) is 11.6 Å². The number of ether oxygens (including phenoxy) is 1. The molecule has 1 saturated heterocycles. The van der Waals surface area contributed by atoms with E-state index in [4.69, 9.17) is 4.74 Å². The zero-order valence-corrected chi connectivity index (χ0v) is 18.9. The standard InChI is InChI=1S/C27H39FNO/c1-3-25(17-9-12-21-30-27-23(2)14-13-18-26(27)28)29(19-10-4-5-11-20-29)22-24-15-7-6-8-16-24/h6-8,13-16,18,25H,3-5,9-12,17,19-22H2,1-2H3/q+1. The normalized spacial score (nSPS) is 17.3. The number of likely N-dealkylation sites (tertiary alicyclic amines) is 1. The van der Waals surface area contributed by atoms with E-state index in [0.717, 1.165) is 24.9 Å². The van der Waals surface area contributed by atoms with Gasteiger partial charge in [-0.15, -0.1) is 0 Å². The highest BCUT2D eigenvalue weighted by Crippen LogP contribution is 2.30. The molecule has 0 aromatic heterocycles. The monoisotopic (exact) mass is 412 g/mol. The fourth-order valence-corrected chi connectivity index (χ4v) is 5.24. The van der Waals surface area contributed by atoms with E-state index in [1.54, 1.807) is 6.07 Å². The number of nitrogens with zero attached hydrogens (tertiary/aromatic N) is 1. The lowest BCUT2D eigenvalue weighted by Crippen LogP contribution is -2.55. The van der Waals surface area contributed by atoms with Crippen molar-refractivity contribution in [1.29, 1.82) is 0 Å². The van der Waals surface area contributed by atoms with Gasteiger partial charge in [0.05, 0.1) is 25.7 Å². The minimum Gasteiger partial charge on any atom is -0.490 e. The Hall–Kier alpha value is -1.87. The molecule has 3 heteroatoms. The minimum absolute atomic E-state index is 0.252. The highest BCUT2D eigenvalue weighted by molar-refractivity contribution is 5.33. The van der Waals surface area contributed by atoms with E-state index in [-0.39, 0.29) is 5.82 Å². The SMILES string of the molecule is CCC(CCCCOc1c(C)cccc1F)[N+]1(Cc2ccccc2)CCCCCC1. The Kier molecular flexibility index (Phi) is 8.74. The molecule has 1 aliphatic heterocycles. The van der Waals surface area contributed by atoms with Crippen molar-refractivity contribution in [3.63, 3.8) is 0 Å². The van der Waals surface area contributed by atoms with Crippen molar-refractivity contribution in [3.05, 3.63) is 65.5 Å². The molecule has 0 aliphatic carbocycles. The summed E-state index contributed by atoms with van der Waals surface area (Å²) in [6, 6.07) is 16.9. The zero-order valence-electron chi connectivity index (χ0n) is 18.9. The van der Waals surface area contributed by atoms with Gasteiger partial charge in [-0.3, -0.25) is 0 Å². The van der Waals surface area contributed by atoms with Crippen molar-refractivity contribution >= 4 is 0 Å². The van der Waals surface area contributed by atoms with Crippen molar-refractivity contribution < 1.29 is 13.6 Å².